The van der Waals surface area contributed by atoms with E-state index in [1.54, 1.807) is 28.6 Å². The predicted molar refractivity (Wildman–Crippen MR) is 74.7 cm³/mol. The molecule has 1 atom stereocenters. The molecule has 0 radical (unpaired) electrons. The Kier molecular flexibility index (Phi) is 4.42. The van der Waals surface area contributed by atoms with Crippen LogP contribution in [0.2, 0.25) is 0 Å². The van der Waals surface area contributed by atoms with Crippen LogP contribution in [0.4, 0.5) is 0 Å². The summed E-state index contributed by atoms with van der Waals surface area (Å²) in [4.78, 5) is 0.350. The van der Waals surface area contributed by atoms with Crippen molar-refractivity contribution in [3.63, 3.8) is 0 Å². The predicted octanol–water partition coefficient (Wildman–Crippen LogP) is 1.81. The van der Waals surface area contributed by atoms with E-state index in [-0.39, 0.29) is 5.92 Å². The molecule has 0 amide bonds. The highest BCUT2D eigenvalue weighted by atomic mass is 79.9. The Hall–Kier alpha value is -0.430. The van der Waals surface area contributed by atoms with E-state index in [2.05, 4.69) is 15.9 Å². The number of hydrogen-bond acceptors (Lipinski definition) is 3. The van der Waals surface area contributed by atoms with Crippen LogP contribution in [0, 0.1) is 5.92 Å². The minimum Gasteiger partial charge on any atom is -0.330 e. The molecule has 1 fully saturated rings. The zero-order valence-corrected chi connectivity index (χ0v) is 12.5. The van der Waals surface area contributed by atoms with E-state index in [9.17, 15) is 8.42 Å². The number of nitrogens with zero attached hydrogens (tertiary/aromatic N) is 1. The minimum absolute atomic E-state index is 0.281. The van der Waals surface area contributed by atoms with Gasteiger partial charge in [-0.2, -0.15) is 4.31 Å². The average Bonchev–Trinajstić information content (AvgIpc) is 2.39. The fraction of sp³-hybridized carbons (Fsp3) is 0.500. The quantitative estimate of drug-likeness (QED) is 0.918. The lowest BCUT2D eigenvalue weighted by atomic mass is 10.0. The first-order chi connectivity index (χ1) is 8.54. The zero-order chi connectivity index (χ0) is 13.2. The van der Waals surface area contributed by atoms with Crippen LogP contribution >= 0.6 is 15.9 Å². The molecule has 0 saturated carbocycles. The summed E-state index contributed by atoms with van der Waals surface area (Å²) >= 11 is 3.30. The van der Waals surface area contributed by atoms with Gasteiger partial charge >= 0.3 is 0 Å². The highest BCUT2D eigenvalue weighted by molar-refractivity contribution is 9.10. The van der Waals surface area contributed by atoms with Gasteiger partial charge in [0.1, 0.15) is 0 Å². The monoisotopic (exact) mass is 332 g/mol. The van der Waals surface area contributed by atoms with Crippen LogP contribution in [0.1, 0.15) is 12.8 Å². The molecule has 0 bridgehead atoms. The molecule has 100 valence electrons. The smallest absolute Gasteiger partial charge is 0.243 e. The normalized spacial score (nSPS) is 22.0. The first-order valence-corrected chi connectivity index (χ1v) is 8.23. The molecule has 1 aromatic rings. The fourth-order valence-corrected chi connectivity index (χ4v) is 4.01. The third-order valence-electron chi connectivity index (χ3n) is 3.27. The summed E-state index contributed by atoms with van der Waals surface area (Å²) in [6, 6.07) is 6.76. The van der Waals surface area contributed by atoms with Crippen molar-refractivity contribution < 1.29 is 8.42 Å². The molecule has 1 unspecified atom stereocenters. The molecule has 0 spiro atoms. The highest BCUT2D eigenvalue weighted by Gasteiger charge is 2.29. The number of benzene rings is 1. The Morgan fingerprint density at radius 2 is 2.00 bits per heavy atom. The number of hydrogen-bond donors (Lipinski definition) is 1. The SMILES string of the molecule is NCC1CCCN(S(=O)(=O)c2ccc(Br)cc2)C1. The van der Waals surface area contributed by atoms with Crippen molar-refractivity contribution in [3.8, 4) is 0 Å². The maximum atomic E-state index is 12.4. The van der Waals surface area contributed by atoms with E-state index in [0.29, 0.717) is 24.5 Å². The maximum Gasteiger partial charge on any atom is 0.243 e. The molecular formula is C12H17BrN2O2S. The summed E-state index contributed by atoms with van der Waals surface area (Å²) in [6.07, 6.45) is 1.90. The molecule has 1 aromatic carbocycles. The molecule has 1 saturated heterocycles. The molecule has 0 aliphatic carbocycles. The largest absolute Gasteiger partial charge is 0.330 e. The first kappa shape index (κ1) is 14.0. The van der Waals surface area contributed by atoms with Crippen LogP contribution in [0.3, 0.4) is 0 Å². The molecule has 1 aliphatic heterocycles. The van der Waals surface area contributed by atoms with E-state index in [0.717, 1.165) is 17.3 Å². The fourth-order valence-electron chi connectivity index (χ4n) is 2.19. The van der Waals surface area contributed by atoms with Crippen molar-refractivity contribution in [2.24, 2.45) is 11.7 Å². The van der Waals surface area contributed by atoms with E-state index >= 15 is 0 Å². The molecule has 4 nitrogen and oxygen atoms in total. The van der Waals surface area contributed by atoms with E-state index in [4.69, 9.17) is 5.73 Å². The average molecular weight is 333 g/mol. The van der Waals surface area contributed by atoms with Gasteiger partial charge in [-0.15, -0.1) is 0 Å². The Morgan fingerprint density at radius 1 is 1.33 bits per heavy atom. The molecular weight excluding hydrogens is 316 g/mol. The van der Waals surface area contributed by atoms with Crippen LogP contribution in [0.25, 0.3) is 0 Å². The lowest BCUT2D eigenvalue weighted by molar-refractivity contribution is 0.271. The summed E-state index contributed by atoms with van der Waals surface area (Å²) in [5.41, 5.74) is 5.64. The third-order valence-corrected chi connectivity index (χ3v) is 5.67. The number of piperidine rings is 1. The topological polar surface area (TPSA) is 63.4 Å². The molecule has 1 aliphatic rings. The summed E-state index contributed by atoms with van der Waals surface area (Å²) in [5, 5.41) is 0. The maximum absolute atomic E-state index is 12.4. The van der Waals surface area contributed by atoms with E-state index in [1.165, 1.54) is 0 Å². The lowest BCUT2D eigenvalue weighted by Gasteiger charge is -2.31. The molecule has 2 N–H and O–H groups in total. The third kappa shape index (κ3) is 2.93. The highest BCUT2D eigenvalue weighted by Crippen LogP contribution is 2.24. The van der Waals surface area contributed by atoms with Crippen molar-refractivity contribution >= 4 is 26.0 Å². The van der Waals surface area contributed by atoms with Crippen LogP contribution in [-0.4, -0.2) is 32.4 Å². The van der Waals surface area contributed by atoms with Crippen LogP contribution in [-0.2, 0) is 10.0 Å². The number of nitrogens with two attached hydrogens (primary N) is 1. The van der Waals surface area contributed by atoms with Crippen molar-refractivity contribution in [2.45, 2.75) is 17.7 Å². The van der Waals surface area contributed by atoms with Gasteiger partial charge in [-0.25, -0.2) is 8.42 Å². The van der Waals surface area contributed by atoms with Crippen molar-refractivity contribution in [1.29, 1.82) is 0 Å². The number of rotatable bonds is 3. The van der Waals surface area contributed by atoms with Gasteiger partial charge in [-0.05, 0) is 49.6 Å². The first-order valence-electron chi connectivity index (χ1n) is 6.00. The molecule has 1 heterocycles. The molecule has 6 heteroatoms. The second-order valence-electron chi connectivity index (χ2n) is 4.56. The minimum atomic E-state index is -3.36. The molecule has 0 aromatic heterocycles. The van der Waals surface area contributed by atoms with Crippen LogP contribution < -0.4 is 5.73 Å². The molecule has 18 heavy (non-hydrogen) atoms. The summed E-state index contributed by atoms with van der Waals surface area (Å²) in [7, 11) is -3.36. The Morgan fingerprint density at radius 3 is 2.61 bits per heavy atom. The standard InChI is InChI=1S/C12H17BrN2O2S/c13-11-3-5-12(6-4-11)18(16,17)15-7-1-2-10(8-14)9-15/h3-6,10H,1-2,7-9,14H2. The second-order valence-corrected chi connectivity index (χ2v) is 7.41. The number of halogens is 1. The van der Waals surface area contributed by atoms with Gasteiger partial charge in [0.2, 0.25) is 10.0 Å². The van der Waals surface area contributed by atoms with Crippen LogP contribution in [0.5, 0.6) is 0 Å². The Balaban J connectivity index is 2.22. The van der Waals surface area contributed by atoms with Crippen LogP contribution in [0.15, 0.2) is 33.6 Å². The zero-order valence-electron chi connectivity index (χ0n) is 10.0. The van der Waals surface area contributed by atoms with Gasteiger partial charge < -0.3 is 5.73 Å². The second kappa shape index (κ2) is 5.69. The molecule has 2 rings (SSSR count). The number of sulfonamides is 1. The summed E-state index contributed by atoms with van der Waals surface area (Å²) < 4.78 is 27.3. The van der Waals surface area contributed by atoms with Crippen molar-refractivity contribution in [3.05, 3.63) is 28.7 Å². The Labute approximate surface area is 116 Å². The van der Waals surface area contributed by atoms with Gasteiger partial charge in [0, 0.05) is 17.6 Å². The van der Waals surface area contributed by atoms with Crippen molar-refractivity contribution in [2.75, 3.05) is 19.6 Å². The summed E-state index contributed by atoms with van der Waals surface area (Å²) in [5.74, 6) is 0.281. The van der Waals surface area contributed by atoms with Gasteiger partial charge in [-0.3, -0.25) is 0 Å². The Bertz CT molecular complexity index is 501. The van der Waals surface area contributed by atoms with Gasteiger partial charge in [-0.1, -0.05) is 15.9 Å². The van der Waals surface area contributed by atoms with Gasteiger partial charge in [0.05, 0.1) is 4.90 Å². The van der Waals surface area contributed by atoms with Gasteiger partial charge in [0.15, 0.2) is 0 Å². The van der Waals surface area contributed by atoms with E-state index < -0.39 is 10.0 Å². The van der Waals surface area contributed by atoms with E-state index in [1.807, 2.05) is 0 Å². The summed E-state index contributed by atoms with van der Waals surface area (Å²) in [6.45, 7) is 1.68. The lowest BCUT2D eigenvalue weighted by Crippen LogP contribution is -2.41. The van der Waals surface area contributed by atoms with Crippen molar-refractivity contribution in [1.82, 2.24) is 4.31 Å². The van der Waals surface area contributed by atoms with Gasteiger partial charge in [0.25, 0.3) is 0 Å².